The molecule has 0 radical (unpaired) electrons. The first-order valence-corrected chi connectivity index (χ1v) is 9.58. The van der Waals surface area contributed by atoms with Gasteiger partial charge in [-0.1, -0.05) is 78.9 Å². The fourth-order valence-corrected chi connectivity index (χ4v) is 4.76. The lowest BCUT2D eigenvalue weighted by atomic mass is 9.87. The fraction of sp³-hybridized carbons (Fsp3) is 0.208. The number of hydrogen-bond acceptors (Lipinski definition) is 2. The SMILES string of the molecule is O=C1c2ccccc2C2(c3ccccc3)N(Cc3ccccc3)CCCN12. The Hall–Kier alpha value is -2.91. The molecule has 2 heterocycles. The Morgan fingerprint density at radius 1 is 0.778 bits per heavy atom. The third kappa shape index (κ3) is 2.35. The van der Waals surface area contributed by atoms with E-state index in [2.05, 4.69) is 70.5 Å². The van der Waals surface area contributed by atoms with E-state index in [1.165, 1.54) is 11.1 Å². The van der Waals surface area contributed by atoms with Crippen molar-refractivity contribution in [3.63, 3.8) is 0 Å². The molecule has 3 nitrogen and oxygen atoms in total. The van der Waals surface area contributed by atoms with Gasteiger partial charge in [-0.2, -0.15) is 0 Å². The van der Waals surface area contributed by atoms with Gasteiger partial charge in [0, 0.05) is 30.8 Å². The third-order valence-electron chi connectivity index (χ3n) is 5.83. The number of carbonyl (C=O) groups is 1. The van der Waals surface area contributed by atoms with E-state index in [1.54, 1.807) is 0 Å². The number of rotatable bonds is 3. The van der Waals surface area contributed by atoms with Gasteiger partial charge in [-0.25, -0.2) is 0 Å². The lowest BCUT2D eigenvalue weighted by molar-refractivity contribution is -0.0433. The molecule has 5 rings (SSSR count). The third-order valence-corrected chi connectivity index (χ3v) is 5.83. The first-order chi connectivity index (χ1) is 13.3. The van der Waals surface area contributed by atoms with Crippen molar-refractivity contribution in [3.8, 4) is 0 Å². The van der Waals surface area contributed by atoms with Gasteiger partial charge in [-0.15, -0.1) is 0 Å². The van der Waals surface area contributed by atoms with E-state index in [4.69, 9.17) is 0 Å². The largest absolute Gasteiger partial charge is 0.312 e. The van der Waals surface area contributed by atoms with Crippen molar-refractivity contribution in [3.05, 3.63) is 107 Å². The normalized spacial score (nSPS) is 21.8. The van der Waals surface area contributed by atoms with E-state index >= 15 is 0 Å². The Morgan fingerprint density at radius 2 is 1.44 bits per heavy atom. The summed E-state index contributed by atoms with van der Waals surface area (Å²) in [5.41, 5.74) is 3.85. The average molecular weight is 354 g/mol. The summed E-state index contributed by atoms with van der Waals surface area (Å²) in [4.78, 5) is 17.9. The van der Waals surface area contributed by atoms with Crippen LogP contribution in [0.25, 0.3) is 0 Å². The molecule has 1 amide bonds. The first kappa shape index (κ1) is 16.3. The molecule has 1 unspecified atom stereocenters. The Morgan fingerprint density at radius 3 is 2.22 bits per heavy atom. The van der Waals surface area contributed by atoms with Crippen LogP contribution >= 0.6 is 0 Å². The molecule has 0 aliphatic carbocycles. The van der Waals surface area contributed by atoms with Crippen LogP contribution in [0.2, 0.25) is 0 Å². The van der Waals surface area contributed by atoms with Crippen LogP contribution in [0.4, 0.5) is 0 Å². The van der Waals surface area contributed by atoms with Crippen LogP contribution in [0, 0.1) is 0 Å². The molecule has 1 fully saturated rings. The van der Waals surface area contributed by atoms with Gasteiger partial charge in [0.25, 0.3) is 5.91 Å². The Kier molecular flexibility index (Phi) is 3.83. The second-order valence-electron chi connectivity index (χ2n) is 7.30. The molecule has 3 aromatic carbocycles. The fourth-order valence-electron chi connectivity index (χ4n) is 4.76. The van der Waals surface area contributed by atoms with Crippen LogP contribution < -0.4 is 0 Å². The number of nitrogens with zero attached hydrogens (tertiary/aromatic N) is 2. The molecule has 0 saturated carbocycles. The van der Waals surface area contributed by atoms with Crippen LogP contribution in [0.5, 0.6) is 0 Å². The van der Waals surface area contributed by atoms with E-state index in [1.807, 2.05) is 24.3 Å². The van der Waals surface area contributed by atoms with Crippen molar-refractivity contribution in [2.75, 3.05) is 13.1 Å². The predicted molar refractivity (Wildman–Crippen MR) is 106 cm³/mol. The molecule has 3 aromatic rings. The molecular weight excluding hydrogens is 332 g/mol. The number of fused-ring (bicyclic) bond motifs is 3. The van der Waals surface area contributed by atoms with E-state index in [-0.39, 0.29) is 5.91 Å². The van der Waals surface area contributed by atoms with Gasteiger partial charge in [0.1, 0.15) is 5.66 Å². The smallest absolute Gasteiger partial charge is 0.256 e. The second kappa shape index (κ2) is 6.36. The zero-order valence-electron chi connectivity index (χ0n) is 15.2. The minimum Gasteiger partial charge on any atom is -0.312 e. The van der Waals surface area contributed by atoms with Gasteiger partial charge in [-0.3, -0.25) is 9.69 Å². The van der Waals surface area contributed by atoms with Crippen LogP contribution in [-0.2, 0) is 12.2 Å². The molecule has 1 atom stereocenters. The molecule has 1 saturated heterocycles. The maximum atomic E-state index is 13.3. The molecule has 27 heavy (non-hydrogen) atoms. The lowest BCUT2D eigenvalue weighted by Crippen LogP contribution is -2.60. The number of hydrogen-bond donors (Lipinski definition) is 0. The summed E-state index contributed by atoms with van der Waals surface area (Å²) in [6.07, 6.45) is 0.987. The first-order valence-electron chi connectivity index (χ1n) is 9.58. The van der Waals surface area contributed by atoms with Crippen molar-refractivity contribution in [1.82, 2.24) is 9.80 Å². The van der Waals surface area contributed by atoms with Crippen molar-refractivity contribution in [2.45, 2.75) is 18.6 Å². The van der Waals surface area contributed by atoms with E-state index in [0.717, 1.165) is 37.2 Å². The Labute approximate surface area is 159 Å². The number of benzene rings is 3. The molecule has 0 spiro atoms. The molecule has 0 bridgehead atoms. The van der Waals surface area contributed by atoms with Gasteiger partial charge in [0.2, 0.25) is 0 Å². The summed E-state index contributed by atoms with van der Waals surface area (Å²) >= 11 is 0. The predicted octanol–water partition coefficient (Wildman–Crippen LogP) is 4.25. The van der Waals surface area contributed by atoms with Crippen LogP contribution in [0.1, 0.15) is 33.5 Å². The molecule has 134 valence electrons. The molecule has 3 heteroatoms. The van der Waals surface area contributed by atoms with Crippen LogP contribution in [0.15, 0.2) is 84.9 Å². The van der Waals surface area contributed by atoms with Crippen molar-refractivity contribution < 1.29 is 4.79 Å². The van der Waals surface area contributed by atoms with Gasteiger partial charge in [0.15, 0.2) is 0 Å². The zero-order valence-corrected chi connectivity index (χ0v) is 15.2. The van der Waals surface area contributed by atoms with E-state index < -0.39 is 5.66 Å². The second-order valence-corrected chi connectivity index (χ2v) is 7.30. The van der Waals surface area contributed by atoms with Crippen molar-refractivity contribution >= 4 is 5.91 Å². The molecule has 2 aliphatic heterocycles. The van der Waals surface area contributed by atoms with Gasteiger partial charge in [-0.05, 0) is 23.6 Å². The molecule has 0 aromatic heterocycles. The summed E-state index contributed by atoms with van der Waals surface area (Å²) in [5.74, 6) is 0.146. The highest BCUT2D eigenvalue weighted by Crippen LogP contribution is 2.49. The Bertz CT molecular complexity index is 970. The molecular formula is C24H22N2O. The molecule has 2 aliphatic rings. The zero-order chi connectivity index (χ0) is 18.3. The summed E-state index contributed by atoms with van der Waals surface area (Å²) in [5, 5.41) is 0. The van der Waals surface area contributed by atoms with Crippen LogP contribution in [-0.4, -0.2) is 28.8 Å². The minimum absolute atomic E-state index is 0.146. The standard InChI is InChI=1S/C24H22N2O/c27-23-21-14-7-8-15-22(21)24(20-12-5-2-6-13-20)25(16-9-17-26(23)24)18-19-10-3-1-4-11-19/h1-8,10-15H,9,16-18H2. The maximum Gasteiger partial charge on any atom is 0.256 e. The lowest BCUT2D eigenvalue weighted by Gasteiger charge is -2.51. The Balaban J connectivity index is 1.73. The monoisotopic (exact) mass is 354 g/mol. The van der Waals surface area contributed by atoms with Crippen molar-refractivity contribution in [2.24, 2.45) is 0 Å². The van der Waals surface area contributed by atoms with E-state index in [0.29, 0.717) is 0 Å². The van der Waals surface area contributed by atoms with Crippen LogP contribution in [0.3, 0.4) is 0 Å². The summed E-state index contributed by atoms with van der Waals surface area (Å²) < 4.78 is 0. The highest BCUT2D eigenvalue weighted by atomic mass is 16.2. The summed E-state index contributed by atoms with van der Waals surface area (Å²) in [7, 11) is 0. The maximum absolute atomic E-state index is 13.3. The number of carbonyl (C=O) groups excluding carboxylic acids is 1. The highest BCUT2D eigenvalue weighted by molar-refractivity contribution is 6.00. The van der Waals surface area contributed by atoms with Gasteiger partial charge < -0.3 is 4.90 Å². The molecule has 0 N–H and O–H groups in total. The minimum atomic E-state index is -0.525. The topological polar surface area (TPSA) is 23.6 Å². The van der Waals surface area contributed by atoms with Gasteiger partial charge >= 0.3 is 0 Å². The average Bonchev–Trinajstić information content (AvgIpc) is 3.00. The van der Waals surface area contributed by atoms with Gasteiger partial charge in [0.05, 0.1) is 0 Å². The van der Waals surface area contributed by atoms with Crippen molar-refractivity contribution in [1.29, 1.82) is 0 Å². The summed E-state index contributed by atoms with van der Waals surface area (Å²) in [6.45, 7) is 2.56. The number of amides is 1. The quantitative estimate of drug-likeness (QED) is 0.702. The summed E-state index contributed by atoms with van der Waals surface area (Å²) in [6, 6.07) is 29.2. The van der Waals surface area contributed by atoms with E-state index in [9.17, 15) is 4.79 Å². The highest BCUT2D eigenvalue weighted by Gasteiger charge is 2.55.